The van der Waals surface area contributed by atoms with Crippen molar-refractivity contribution in [2.45, 2.75) is 71.6 Å². The Morgan fingerprint density at radius 2 is 1.81 bits per heavy atom. The van der Waals surface area contributed by atoms with Crippen LogP contribution in [0.15, 0.2) is 0 Å². The highest BCUT2D eigenvalue weighted by atomic mass is 32.2. The van der Waals surface area contributed by atoms with Gasteiger partial charge in [0, 0.05) is 16.5 Å². The van der Waals surface area contributed by atoms with E-state index in [4.69, 9.17) is 0 Å². The molecule has 16 heavy (non-hydrogen) atoms. The summed E-state index contributed by atoms with van der Waals surface area (Å²) in [6, 6.07) is 0.694. The predicted molar refractivity (Wildman–Crippen MR) is 78.4 cm³/mol. The maximum atomic E-state index is 3.69. The lowest BCUT2D eigenvalue weighted by Gasteiger charge is -2.25. The molecule has 0 heterocycles. The van der Waals surface area contributed by atoms with Crippen LogP contribution in [-0.2, 0) is 0 Å². The second-order valence-corrected chi connectivity index (χ2v) is 7.67. The minimum atomic E-state index is 0.390. The second-order valence-electron chi connectivity index (χ2n) is 5.82. The maximum Gasteiger partial charge on any atom is 0.0160 e. The minimum Gasteiger partial charge on any atom is -0.313 e. The van der Waals surface area contributed by atoms with E-state index in [2.05, 4.69) is 58.6 Å². The maximum absolute atomic E-state index is 3.69. The van der Waals surface area contributed by atoms with Crippen molar-refractivity contribution in [1.29, 1.82) is 0 Å². The van der Waals surface area contributed by atoms with Crippen LogP contribution in [0.2, 0.25) is 0 Å². The Bertz CT molecular complexity index is 163. The van der Waals surface area contributed by atoms with E-state index >= 15 is 0 Å². The monoisotopic (exact) mass is 245 g/mol. The molecule has 0 rings (SSSR count). The standard InChI is InChI=1S/C14H31NS/c1-7-9-15-13(10-12(3)8-2)11-16-14(4,5)6/h12-13,15H,7-11H2,1-6H3. The molecule has 0 bridgehead atoms. The van der Waals surface area contributed by atoms with E-state index in [0.29, 0.717) is 10.8 Å². The van der Waals surface area contributed by atoms with Gasteiger partial charge >= 0.3 is 0 Å². The fourth-order valence-corrected chi connectivity index (χ4v) is 2.52. The lowest BCUT2D eigenvalue weighted by molar-refractivity contribution is 0.417. The average molecular weight is 245 g/mol. The molecule has 0 aliphatic rings. The number of hydrogen-bond acceptors (Lipinski definition) is 2. The first-order valence-electron chi connectivity index (χ1n) is 6.76. The van der Waals surface area contributed by atoms with Crippen molar-refractivity contribution in [3.63, 3.8) is 0 Å². The molecule has 0 aromatic rings. The predicted octanol–water partition coefficient (Wildman–Crippen LogP) is 4.32. The molecule has 0 saturated carbocycles. The average Bonchev–Trinajstić information content (AvgIpc) is 2.20. The quantitative estimate of drug-likeness (QED) is 0.683. The van der Waals surface area contributed by atoms with Gasteiger partial charge in [-0.15, -0.1) is 0 Å². The van der Waals surface area contributed by atoms with Gasteiger partial charge in [-0.25, -0.2) is 0 Å². The molecule has 0 amide bonds. The molecular formula is C14H31NS. The van der Waals surface area contributed by atoms with Crippen molar-refractivity contribution in [2.75, 3.05) is 12.3 Å². The number of nitrogens with one attached hydrogen (secondary N) is 1. The van der Waals surface area contributed by atoms with Gasteiger partial charge in [-0.1, -0.05) is 48.0 Å². The molecule has 0 aromatic heterocycles. The van der Waals surface area contributed by atoms with E-state index in [1.54, 1.807) is 0 Å². The zero-order valence-electron chi connectivity index (χ0n) is 12.1. The summed E-state index contributed by atoms with van der Waals surface area (Å²) in [6.45, 7) is 15.0. The normalized spacial score (nSPS) is 16.1. The van der Waals surface area contributed by atoms with Crippen LogP contribution in [0.4, 0.5) is 0 Å². The van der Waals surface area contributed by atoms with Crippen LogP contribution in [0.25, 0.3) is 0 Å². The Balaban J connectivity index is 3.99. The molecule has 0 aliphatic carbocycles. The Morgan fingerprint density at radius 1 is 1.19 bits per heavy atom. The van der Waals surface area contributed by atoms with Gasteiger partial charge in [-0.2, -0.15) is 11.8 Å². The first-order chi connectivity index (χ1) is 7.39. The van der Waals surface area contributed by atoms with Crippen molar-refractivity contribution in [3.8, 4) is 0 Å². The first-order valence-corrected chi connectivity index (χ1v) is 7.75. The number of hydrogen-bond donors (Lipinski definition) is 1. The highest BCUT2D eigenvalue weighted by Crippen LogP contribution is 2.25. The van der Waals surface area contributed by atoms with Gasteiger partial charge in [-0.3, -0.25) is 0 Å². The Morgan fingerprint density at radius 3 is 2.25 bits per heavy atom. The van der Waals surface area contributed by atoms with Gasteiger partial charge in [0.05, 0.1) is 0 Å². The van der Waals surface area contributed by atoms with Crippen molar-refractivity contribution in [3.05, 3.63) is 0 Å². The SMILES string of the molecule is CCCNC(CSC(C)(C)C)CC(C)CC. The summed E-state index contributed by atoms with van der Waals surface area (Å²) in [4.78, 5) is 0. The molecular weight excluding hydrogens is 214 g/mol. The van der Waals surface area contributed by atoms with Crippen LogP contribution in [0.5, 0.6) is 0 Å². The lowest BCUT2D eigenvalue weighted by atomic mass is 10.0. The van der Waals surface area contributed by atoms with Gasteiger partial charge in [0.1, 0.15) is 0 Å². The highest BCUT2D eigenvalue weighted by Gasteiger charge is 2.16. The van der Waals surface area contributed by atoms with Crippen LogP contribution >= 0.6 is 11.8 Å². The van der Waals surface area contributed by atoms with Crippen LogP contribution in [-0.4, -0.2) is 23.1 Å². The van der Waals surface area contributed by atoms with Crippen molar-refractivity contribution in [1.82, 2.24) is 5.32 Å². The van der Waals surface area contributed by atoms with Gasteiger partial charge in [0.15, 0.2) is 0 Å². The third-order valence-electron chi connectivity index (χ3n) is 2.78. The Labute approximate surface area is 107 Å². The third-order valence-corrected chi connectivity index (χ3v) is 4.22. The highest BCUT2D eigenvalue weighted by molar-refractivity contribution is 8.00. The van der Waals surface area contributed by atoms with Crippen LogP contribution < -0.4 is 5.32 Å². The fourth-order valence-electron chi connectivity index (χ4n) is 1.56. The Hall–Kier alpha value is 0.310. The summed E-state index contributed by atoms with van der Waals surface area (Å²) < 4.78 is 0.390. The summed E-state index contributed by atoms with van der Waals surface area (Å²) in [7, 11) is 0. The molecule has 0 saturated heterocycles. The molecule has 0 spiro atoms. The smallest absolute Gasteiger partial charge is 0.0160 e. The van der Waals surface area contributed by atoms with Crippen molar-refractivity contribution < 1.29 is 0 Å². The molecule has 98 valence electrons. The molecule has 2 heteroatoms. The molecule has 1 nitrogen and oxygen atoms in total. The van der Waals surface area contributed by atoms with Gasteiger partial charge in [0.2, 0.25) is 0 Å². The summed E-state index contributed by atoms with van der Waals surface area (Å²) in [5.41, 5.74) is 0. The van der Waals surface area contributed by atoms with E-state index in [1.807, 2.05) is 0 Å². The second kappa shape index (κ2) is 8.41. The number of rotatable bonds is 8. The van der Waals surface area contributed by atoms with E-state index in [9.17, 15) is 0 Å². The van der Waals surface area contributed by atoms with E-state index in [0.717, 1.165) is 12.5 Å². The van der Waals surface area contributed by atoms with E-state index < -0.39 is 0 Å². The van der Waals surface area contributed by atoms with E-state index in [1.165, 1.54) is 25.0 Å². The molecule has 0 aliphatic heterocycles. The van der Waals surface area contributed by atoms with Crippen LogP contribution in [0, 0.1) is 5.92 Å². The Kier molecular flexibility index (Phi) is 8.57. The fraction of sp³-hybridized carbons (Fsp3) is 1.00. The van der Waals surface area contributed by atoms with Crippen LogP contribution in [0.1, 0.15) is 60.8 Å². The zero-order chi connectivity index (χ0) is 12.6. The summed E-state index contributed by atoms with van der Waals surface area (Å²) >= 11 is 2.08. The third kappa shape index (κ3) is 9.53. The molecule has 2 unspecified atom stereocenters. The number of thioether (sulfide) groups is 1. The zero-order valence-corrected chi connectivity index (χ0v) is 12.9. The lowest BCUT2D eigenvalue weighted by Crippen LogP contribution is -2.34. The van der Waals surface area contributed by atoms with Crippen LogP contribution in [0.3, 0.4) is 0 Å². The summed E-state index contributed by atoms with van der Waals surface area (Å²) in [5, 5.41) is 3.69. The topological polar surface area (TPSA) is 12.0 Å². The molecule has 1 N–H and O–H groups in total. The van der Waals surface area contributed by atoms with Gasteiger partial charge in [0.25, 0.3) is 0 Å². The van der Waals surface area contributed by atoms with Crippen molar-refractivity contribution >= 4 is 11.8 Å². The minimum absolute atomic E-state index is 0.390. The largest absolute Gasteiger partial charge is 0.313 e. The molecule has 2 atom stereocenters. The van der Waals surface area contributed by atoms with Gasteiger partial charge < -0.3 is 5.32 Å². The van der Waals surface area contributed by atoms with Gasteiger partial charge in [-0.05, 0) is 25.3 Å². The van der Waals surface area contributed by atoms with Crippen molar-refractivity contribution in [2.24, 2.45) is 5.92 Å². The summed E-state index contributed by atoms with van der Waals surface area (Å²) in [6.07, 6.45) is 3.85. The summed E-state index contributed by atoms with van der Waals surface area (Å²) in [5.74, 6) is 2.09. The first kappa shape index (κ1) is 16.3. The molecule has 0 radical (unpaired) electrons. The van der Waals surface area contributed by atoms with E-state index in [-0.39, 0.29) is 0 Å². The molecule has 0 aromatic carbocycles. The molecule has 0 fully saturated rings.